The second-order valence-electron chi connectivity index (χ2n) is 2.94. The van der Waals surface area contributed by atoms with Crippen LogP contribution in [0.2, 0.25) is 0 Å². The maximum atomic E-state index is 4.70. The minimum Gasteiger partial charge on any atom is -0.363 e. The van der Waals surface area contributed by atoms with E-state index < -0.39 is 0 Å². The summed E-state index contributed by atoms with van der Waals surface area (Å²) in [5.41, 5.74) is 1.13. The van der Waals surface area contributed by atoms with E-state index in [1.54, 1.807) is 6.07 Å². The summed E-state index contributed by atoms with van der Waals surface area (Å²) in [6, 6.07) is 1.78. The number of nitrogens with one attached hydrogen (secondary N) is 1. The molecule has 0 amide bonds. The smallest absolute Gasteiger partial charge is 0.169 e. The van der Waals surface area contributed by atoms with Crippen LogP contribution in [0.4, 0.5) is 5.82 Å². The third-order valence-corrected chi connectivity index (χ3v) is 1.92. The van der Waals surface area contributed by atoms with Gasteiger partial charge < -0.3 is 9.84 Å². The highest BCUT2D eigenvalue weighted by Gasteiger charge is 1.98. The van der Waals surface area contributed by atoms with Gasteiger partial charge in [0, 0.05) is 30.9 Å². The van der Waals surface area contributed by atoms with Crippen molar-refractivity contribution >= 4 is 5.82 Å². The van der Waals surface area contributed by atoms with Gasteiger partial charge in [0.2, 0.25) is 0 Å². The predicted octanol–water partition coefficient (Wildman–Crippen LogP) is 1.50. The van der Waals surface area contributed by atoms with Crippen molar-refractivity contribution in [3.8, 4) is 0 Å². The second kappa shape index (κ2) is 3.95. The van der Waals surface area contributed by atoms with Crippen LogP contribution in [-0.2, 0) is 13.1 Å². The zero-order valence-corrected chi connectivity index (χ0v) is 7.97. The molecule has 0 spiro atoms. The highest BCUT2D eigenvalue weighted by molar-refractivity contribution is 5.31. The maximum absolute atomic E-state index is 4.70. The zero-order chi connectivity index (χ0) is 9.80. The Morgan fingerprint density at radius 2 is 2.50 bits per heavy atom. The number of rotatable bonds is 4. The van der Waals surface area contributed by atoms with Gasteiger partial charge in [0.1, 0.15) is 6.26 Å². The molecule has 2 heterocycles. The number of anilines is 1. The first-order valence-electron chi connectivity index (χ1n) is 4.54. The molecular formula is C9H12N4O. The van der Waals surface area contributed by atoms with Gasteiger partial charge in [0.05, 0.1) is 6.20 Å². The van der Waals surface area contributed by atoms with E-state index in [1.807, 2.05) is 17.1 Å². The third-order valence-electron chi connectivity index (χ3n) is 1.92. The molecule has 2 aromatic heterocycles. The van der Waals surface area contributed by atoms with Gasteiger partial charge >= 0.3 is 0 Å². The zero-order valence-electron chi connectivity index (χ0n) is 7.97. The number of nitrogens with zero attached hydrogens (tertiary/aromatic N) is 3. The van der Waals surface area contributed by atoms with Crippen LogP contribution < -0.4 is 5.32 Å². The first-order valence-corrected chi connectivity index (χ1v) is 4.54. The highest BCUT2D eigenvalue weighted by atomic mass is 16.5. The van der Waals surface area contributed by atoms with Gasteiger partial charge in [0.25, 0.3) is 0 Å². The molecule has 0 bridgehead atoms. The Kier molecular flexibility index (Phi) is 2.48. The first-order chi connectivity index (χ1) is 6.88. The van der Waals surface area contributed by atoms with Crippen LogP contribution in [-0.4, -0.2) is 14.9 Å². The molecular weight excluding hydrogens is 180 g/mol. The van der Waals surface area contributed by atoms with E-state index >= 15 is 0 Å². The van der Waals surface area contributed by atoms with E-state index in [0.717, 1.165) is 17.9 Å². The quantitative estimate of drug-likeness (QED) is 0.797. The van der Waals surface area contributed by atoms with Gasteiger partial charge in [-0.3, -0.25) is 4.68 Å². The molecule has 5 nitrogen and oxygen atoms in total. The van der Waals surface area contributed by atoms with Gasteiger partial charge in [-0.15, -0.1) is 0 Å². The molecule has 2 aromatic rings. The summed E-state index contributed by atoms with van der Waals surface area (Å²) in [5.74, 6) is 0.745. The van der Waals surface area contributed by atoms with E-state index in [9.17, 15) is 0 Å². The molecule has 0 aliphatic carbocycles. The van der Waals surface area contributed by atoms with Gasteiger partial charge in [-0.05, 0) is 6.92 Å². The molecule has 1 N–H and O–H groups in total. The summed E-state index contributed by atoms with van der Waals surface area (Å²) in [4.78, 5) is 0. The van der Waals surface area contributed by atoms with Crippen molar-refractivity contribution in [2.45, 2.75) is 20.0 Å². The highest BCUT2D eigenvalue weighted by Crippen LogP contribution is 2.04. The Balaban J connectivity index is 1.92. The van der Waals surface area contributed by atoms with Crippen LogP contribution in [0.15, 0.2) is 29.2 Å². The topological polar surface area (TPSA) is 55.9 Å². The average Bonchev–Trinajstić information content (AvgIpc) is 2.86. The molecule has 5 heteroatoms. The summed E-state index contributed by atoms with van der Waals surface area (Å²) >= 11 is 0. The Labute approximate surface area is 81.7 Å². The van der Waals surface area contributed by atoms with Crippen molar-refractivity contribution < 1.29 is 4.52 Å². The minimum atomic E-state index is 0.715. The lowest BCUT2D eigenvalue weighted by molar-refractivity contribution is 0.422. The van der Waals surface area contributed by atoms with E-state index in [4.69, 9.17) is 4.52 Å². The van der Waals surface area contributed by atoms with Crippen molar-refractivity contribution in [2.24, 2.45) is 0 Å². The van der Waals surface area contributed by atoms with Crippen LogP contribution in [0.25, 0.3) is 0 Å². The summed E-state index contributed by atoms with van der Waals surface area (Å²) in [5, 5.41) is 11.0. The van der Waals surface area contributed by atoms with Crippen LogP contribution in [0.3, 0.4) is 0 Å². The third kappa shape index (κ3) is 1.93. The molecule has 0 saturated heterocycles. The molecule has 0 atom stereocenters. The molecule has 74 valence electrons. The summed E-state index contributed by atoms with van der Waals surface area (Å²) < 4.78 is 6.58. The normalized spacial score (nSPS) is 10.4. The monoisotopic (exact) mass is 192 g/mol. The summed E-state index contributed by atoms with van der Waals surface area (Å²) in [7, 11) is 0. The fraction of sp³-hybridized carbons (Fsp3) is 0.333. The van der Waals surface area contributed by atoms with Crippen LogP contribution in [0.5, 0.6) is 0 Å². The maximum Gasteiger partial charge on any atom is 0.169 e. The van der Waals surface area contributed by atoms with Gasteiger partial charge in [-0.25, -0.2) is 0 Å². The van der Waals surface area contributed by atoms with Crippen LogP contribution in [0.1, 0.15) is 12.5 Å². The number of hydrogen-bond donors (Lipinski definition) is 1. The second-order valence-corrected chi connectivity index (χ2v) is 2.94. The van der Waals surface area contributed by atoms with Gasteiger partial charge in [0.15, 0.2) is 5.82 Å². The molecule has 2 rings (SSSR count). The van der Waals surface area contributed by atoms with Crippen molar-refractivity contribution in [2.75, 3.05) is 5.32 Å². The van der Waals surface area contributed by atoms with Crippen LogP contribution in [0, 0.1) is 0 Å². The minimum absolute atomic E-state index is 0.715. The lowest BCUT2D eigenvalue weighted by Crippen LogP contribution is -1.98. The number of hydrogen-bond acceptors (Lipinski definition) is 4. The lowest BCUT2D eigenvalue weighted by Gasteiger charge is -1.97. The molecule has 0 fully saturated rings. The molecule has 0 aromatic carbocycles. The molecule has 0 unspecified atom stereocenters. The van der Waals surface area contributed by atoms with E-state index in [0.29, 0.717) is 6.54 Å². The SMILES string of the molecule is CCn1cc(CNc2ccon2)cn1. The van der Waals surface area contributed by atoms with Gasteiger partial charge in [-0.2, -0.15) is 5.10 Å². The Hall–Kier alpha value is -1.78. The number of aryl methyl sites for hydroxylation is 1. The molecule has 0 radical (unpaired) electrons. The summed E-state index contributed by atoms with van der Waals surface area (Å²) in [6.07, 6.45) is 5.39. The Morgan fingerprint density at radius 3 is 3.14 bits per heavy atom. The molecule has 0 aliphatic heterocycles. The van der Waals surface area contributed by atoms with Gasteiger partial charge in [-0.1, -0.05) is 5.16 Å². The summed E-state index contributed by atoms with van der Waals surface area (Å²) in [6.45, 7) is 3.67. The number of aromatic nitrogens is 3. The first kappa shape index (κ1) is 8.80. The Bertz CT molecular complexity index is 379. The van der Waals surface area contributed by atoms with Crippen LogP contribution >= 0.6 is 0 Å². The fourth-order valence-corrected chi connectivity index (χ4v) is 1.17. The van der Waals surface area contributed by atoms with Crippen molar-refractivity contribution in [3.63, 3.8) is 0 Å². The average molecular weight is 192 g/mol. The Morgan fingerprint density at radius 1 is 1.57 bits per heavy atom. The lowest BCUT2D eigenvalue weighted by atomic mass is 10.3. The van der Waals surface area contributed by atoms with Crippen molar-refractivity contribution in [1.82, 2.24) is 14.9 Å². The largest absolute Gasteiger partial charge is 0.363 e. The molecule has 0 saturated carbocycles. The van der Waals surface area contributed by atoms with E-state index in [2.05, 4.69) is 22.5 Å². The van der Waals surface area contributed by atoms with E-state index in [1.165, 1.54) is 6.26 Å². The van der Waals surface area contributed by atoms with Crippen molar-refractivity contribution in [1.29, 1.82) is 0 Å². The molecule has 0 aliphatic rings. The standard InChI is InChI=1S/C9H12N4O/c1-2-13-7-8(6-11-13)5-10-9-3-4-14-12-9/h3-4,6-7H,2,5H2,1H3,(H,10,12). The van der Waals surface area contributed by atoms with E-state index in [-0.39, 0.29) is 0 Å². The predicted molar refractivity (Wildman–Crippen MR) is 51.7 cm³/mol. The fourth-order valence-electron chi connectivity index (χ4n) is 1.17. The van der Waals surface area contributed by atoms with Crippen molar-refractivity contribution in [3.05, 3.63) is 30.3 Å². The molecule has 14 heavy (non-hydrogen) atoms.